The van der Waals surface area contributed by atoms with Gasteiger partial charge in [0.1, 0.15) is 0 Å². The summed E-state index contributed by atoms with van der Waals surface area (Å²) in [5, 5.41) is 5.72. The van der Waals surface area contributed by atoms with E-state index >= 15 is 0 Å². The van der Waals surface area contributed by atoms with E-state index in [1.165, 1.54) is 6.42 Å². The molecular weight excluding hydrogens is 174 g/mol. The molecule has 0 aromatic carbocycles. The van der Waals surface area contributed by atoms with E-state index in [4.69, 9.17) is 5.73 Å². The lowest BCUT2D eigenvalue weighted by atomic mass is 10.2. The van der Waals surface area contributed by atoms with E-state index in [2.05, 4.69) is 32.6 Å². The van der Waals surface area contributed by atoms with Gasteiger partial charge in [-0.25, -0.2) is 0 Å². The molecule has 0 rings (SSSR count). The van der Waals surface area contributed by atoms with Gasteiger partial charge in [0.05, 0.1) is 0 Å². The SMILES string of the molecule is C=NN(/C=C(\N)CCCC)CC(C)C. The average molecular weight is 197 g/mol. The minimum atomic E-state index is 0.565. The van der Waals surface area contributed by atoms with Gasteiger partial charge in [0.25, 0.3) is 0 Å². The number of nitrogens with zero attached hydrogens (tertiary/aromatic N) is 2. The lowest BCUT2D eigenvalue weighted by Crippen LogP contribution is -2.18. The normalized spacial score (nSPS) is 11.9. The number of allylic oxidation sites excluding steroid dienone is 1. The van der Waals surface area contributed by atoms with Gasteiger partial charge in [-0.1, -0.05) is 27.2 Å². The Hall–Kier alpha value is -0.990. The molecule has 0 unspecified atom stereocenters. The van der Waals surface area contributed by atoms with E-state index in [1.807, 2.05) is 11.2 Å². The maximum absolute atomic E-state index is 5.84. The average Bonchev–Trinajstić information content (AvgIpc) is 2.12. The van der Waals surface area contributed by atoms with Crippen LogP contribution in [0, 0.1) is 5.92 Å². The second-order valence-electron chi connectivity index (χ2n) is 3.96. The summed E-state index contributed by atoms with van der Waals surface area (Å²) in [6.45, 7) is 10.8. The van der Waals surface area contributed by atoms with Gasteiger partial charge in [-0.2, -0.15) is 5.10 Å². The van der Waals surface area contributed by atoms with Crippen molar-refractivity contribution in [1.82, 2.24) is 5.01 Å². The van der Waals surface area contributed by atoms with Crippen LogP contribution in [0.5, 0.6) is 0 Å². The highest BCUT2D eigenvalue weighted by Crippen LogP contribution is 2.05. The summed E-state index contributed by atoms with van der Waals surface area (Å²) < 4.78 is 0. The zero-order valence-corrected chi connectivity index (χ0v) is 9.66. The van der Waals surface area contributed by atoms with Crippen molar-refractivity contribution >= 4 is 6.72 Å². The Morgan fingerprint density at radius 3 is 2.64 bits per heavy atom. The van der Waals surface area contributed by atoms with E-state index < -0.39 is 0 Å². The number of unbranched alkanes of at least 4 members (excludes halogenated alkanes) is 1. The molecule has 0 atom stereocenters. The van der Waals surface area contributed by atoms with Crippen molar-refractivity contribution in [2.75, 3.05) is 6.54 Å². The molecule has 0 aliphatic rings. The second kappa shape index (κ2) is 7.42. The minimum Gasteiger partial charge on any atom is -0.401 e. The lowest BCUT2D eigenvalue weighted by Gasteiger charge is -2.17. The first-order valence-corrected chi connectivity index (χ1v) is 5.29. The second-order valence-corrected chi connectivity index (χ2v) is 3.96. The van der Waals surface area contributed by atoms with Crippen LogP contribution in [-0.2, 0) is 0 Å². The first-order valence-electron chi connectivity index (χ1n) is 5.29. The zero-order valence-electron chi connectivity index (χ0n) is 9.66. The number of hydrogen-bond acceptors (Lipinski definition) is 3. The van der Waals surface area contributed by atoms with Gasteiger partial charge < -0.3 is 5.73 Å². The fraction of sp³-hybridized carbons (Fsp3) is 0.727. The number of hydrazone groups is 1. The van der Waals surface area contributed by atoms with Crippen molar-refractivity contribution < 1.29 is 0 Å². The van der Waals surface area contributed by atoms with Crippen molar-refractivity contribution in [2.24, 2.45) is 16.8 Å². The minimum absolute atomic E-state index is 0.565. The Kier molecular flexibility index (Phi) is 6.89. The monoisotopic (exact) mass is 197 g/mol. The third-order valence-corrected chi connectivity index (χ3v) is 1.87. The highest BCUT2D eigenvalue weighted by Gasteiger charge is 2.01. The highest BCUT2D eigenvalue weighted by molar-refractivity contribution is 5.23. The van der Waals surface area contributed by atoms with Crippen LogP contribution in [0.1, 0.15) is 40.0 Å². The van der Waals surface area contributed by atoms with E-state index in [9.17, 15) is 0 Å². The summed E-state index contributed by atoms with van der Waals surface area (Å²) in [6.07, 6.45) is 5.14. The topological polar surface area (TPSA) is 41.6 Å². The third kappa shape index (κ3) is 6.52. The van der Waals surface area contributed by atoms with Crippen molar-refractivity contribution in [1.29, 1.82) is 0 Å². The Balaban J connectivity index is 4.05. The molecule has 0 spiro atoms. The van der Waals surface area contributed by atoms with Gasteiger partial charge in [0.2, 0.25) is 0 Å². The van der Waals surface area contributed by atoms with Crippen LogP contribution in [-0.4, -0.2) is 18.3 Å². The largest absolute Gasteiger partial charge is 0.401 e. The number of nitrogens with two attached hydrogens (primary N) is 1. The Morgan fingerprint density at radius 1 is 1.57 bits per heavy atom. The first-order chi connectivity index (χ1) is 6.60. The van der Waals surface area contributed by atoms with E-state index in [0.717, 1.165) is 25.1 Å². The molecule has 0 saturated carbocycles. The van der Waals surface area contributed by atoms with E-state index in [1.54, 1.807) is 0 Å². The summed E-state index contributed by atoms with van der Waals surface area (Å²) in [5.41, 5.74) is 6.73. The van der Waals surface area contributed by atoms with Gasteiger partial charge >= 0.3 is 0 Å². The number of hydrogen-bond donors (Lipinski definition) is 1. The molecule has 0 aromatic rings. The molecule has 0 heterocycles. The van der Waals surface area contributed by atoms with Gasteiger partial charge in [-0.05, 0) is 18.8 Å². The third-order valence-electron chi connectivity index (χ3n) is 1.87. The highest BCUT2D eigenvalue weighted by atomic mass is 15.4. The van der Waals surface area contributed by atoms with Crippen LogP contribution in [0.3, 0.4) is 0 Å². The van der Waals surface area contributed by atoms with Gasteiger partial charge in [-0.15, -0.1) is 0 Å². The van der Waals surface area contributed by atoms with Gasteiger partial charge in [0.15, 0.2) is 0 Å². The number of rotatable bonds is 7. The van der Waals surface area contributed by atoms with Crippen LogP contribution in [0.2, 0.25) is 0 Å². The molecule has 2 N–H and O–H groups in total. The molecule has 0 amide bonds. The molecule has 82 valence electrons. The van der Waals surface area contributed by atoms with Crippen LogP contribution in [0.15, 0.2) is 17.0 Å². The molecule has 0 bridgehead atoms. The molecule has 3 nitrogen and oxygen atoms in total. The lowest BCUT2D eigenvalue weighted by molar-refractivity contribution is 0.345. The molecule has 0 saturated heterocycles. The molecule has 0 aliphatic heterocycles. The van der Waals surface area contributed by atoms with Crippen molar-refractivity contribution in [3.63, 3.8) is 0 Å². The Labute approximate surface area is 87.7 Å². The van der Waals surface area contributed by atoms with Gasteiger partial charge in [0, 0.05) is 25.2 Å². The molecule has 0 aliphatic carbocycles. The maximum atomic E-state index is 5.84. The first kappa shape index (κ1) is 13.0. The molecular formula is C11H23N3. The maximum Gasteiger partial charge on any atom is 0.0432 e. The van der Waals surface area contributed by atoms with Crippen LogP contribution in [0.25, 0.3) is 0 Å². The van der Waals surface area contributed by atoms with Crippen LogP contribution in [0.4, 0.5) is 0 Å². The van der Waals surface area contributed by atoms with Crippen LogP contribution < -0.4 is 5.73 Å². The standard InChI is InChI=1S/C11H23N3/c1-5-6-7-11(12)9-14(13-4)8-10(2)3/h9-10H,4-8,12H2,1-3H3/b11-9-. The van der Waals surface area contributed by atoms with Crippen molar-refractivity contribution in [3.8, 4) is 0 Å². The van der Waals surface area contributed by atoms with E-state index in [-0.39, 0.29) is 0 Å². The molecule has 0 aromatic heterocycles. The smallest absolute Gasteiger partial charge is 0.0432 e. The Bertz CT molecular complexity index is 185. The quantitative estimate of drug-likeness (QED) is 0.503. The summed E-state index contributed by atoms with van der Waals surface area (Å²) in [5.74, 6) is 0.565. The van der Waals surface area contributed by atoms with Crippen molar-refractivity contribution in [2.45, 2.75) is 40.0 Å². The predicted molar refractivity (Wildman–Crippen MR) is 62.9 cm³/mol. The summed E-state index contributed by atoms with van der Waals surface area (Å²) >= 11 is 0. The predicted octanol–water partition coefficient (Wildman–Crippen LogP) is 2.55. The van der Waals surface area contributed by atoms with E-state index in [0.29, 0.717) is 5.92 Å². The summed E-state index contributed by atoms with van der Waals surface area (Å²) in [4.78, 5) is 0. The summed E-state index contributed by atoms with van der Waals surface area (Å²) in [6, 6.07) is 0. The van der Waals surface area contributed by atoms with Gasteiger partial charge in [-0.3, -0.25) is 5.01 Å². The summed E-state index contributed by atoms with van der Waals surface area (Å²) in [7, 11) is 0. The molecule has 14 heavy (non-hydrogen) atoms. The fourth-order valence-corrected chi connectivity index (χ4v) is 1.16. The zero-order chi connectivity index (χ0) is 11.0. The molecule has 0 fully saturated rings. The van der Waals surface area contributed by atoms with Crippen LogP contribution >= 0.6 is 0 Å². The molecule has 0 radical (unpaired) electrons. The van der Waals surface area contributed by atoms with Crippen molar-refractivity contribution in [3.05, 3.63) is 11.9 Å². The fourth-order valence-electron chi connectivity index (χ4n) is 1.16. The molecule has 3 heteroatoms. The Morgan fingerprint density at radius 2 is 2.21 bits per heavy atom.